The third-order valence-corrected chi connectivity index (χ3v) is 5.42. The third kappa shape index (κ3) is 6.64. The zero-order valence-electron chi connectivity index (χ0n) is 16.5. The van der Waals surface area contributed by atoms with E-state index in [0.717, 1.165) is 44.9 Å². The van der Waals surface area contributed by atoms with Crippen LogP contribution in [0.3, 0.4) is 0 Å². The summed E-state index contributed by atoms with van der Waals surface area (Å²) in [7, 11) is 16.5. The van der Waals surface area contributed by atoms with Crippen molar-refractivity contribution in [3.63, 3.8) is 0 Å². The smallest absolute Gasteiger partial charge is 0.254 e. The van der Waals surface area contributed by atoms with Crippen LogP contribution < -0.4 is 16.4 Å². The number of carbonyl (C=O) groups excluding carboxylic acids is 1. The molecule has 3 rings (SSSR count). The minimum Gasteiger partial charge on any atom is -0.400 e. The number of nitrogens with two attached hydrogens (primary N) is 1. The summed E-state index contributed by atoms with van der Waals surface area (Å²) in [6, 6.07) is 0.192. The largest absolute Gasteiger partial charge is 0.400 e. The molecule has 1 heterocycles. The summed E-state index contributed by atoms with van der Waals surface area (Å²) < 4.78 is 5.42. The minimum atomic E-state index is -1.62. The van der Waals surface area contributed by atoms with Gasteiger partial charge in [-0.05, 0) is 56.7 Å². The van der Waals surface area contributed by atoms with E-state index >= 15 is 0 Å². The fourth-order valence-corrected chi connectivity index (χ4v) is 4.03. The van der Waals surface area contributed by atoms with Gasteiger partial charge in [0, 0.05) is 18.3 Å². The molecule has 2 aliphatic carbocycles. The molecule has 0 saturated heterocycles. The molecular formula is C18H26B3N5O3. The van der Waals surface area contributed by atoms with Crippen molar-refractivity contribution in [1.82, 2.24) is 9.97 Å². The maximum Gasteiger partial charge on any atom is 0.254 e. The zero-order chi connectivity index (χ0) is 21.0. The lowest BCUT2D eigenvalue weighted by Crippen LogP contribution is -2.41. The molecule has 1 aromatic heterocycles. The van der Waals surface area contributed by atoms with Crippen LogP contribution in [0.1, 0.15) is 61.7 Å². The fraction of sp³-hybridized carbons (Fsp3) is 0.722. The van der Waals surface area contributed by atoms with Crippen molar-refractivity contribution < 1.29 is 14.6 Å². The number of primary amides is 1. The van der Waals surface area contributed by atoms with Crippen molar-refractivity contribution in [2.75, 3.05) is 10.6 Å². The number of nitrogens with zero attached hydrogens (tertiary/aromatic N) is 2. The first kappa shape index (κ1) is 22.0. The standard InChI is InChI=1S/C18H26B3N5O3/c19-18(20,21)29-13-6-4-10(5-7-13)25-17-23-9-14(15(22)28)16(26-17)24-11-2-1-3-12(27)8-11/h9-13,27H,1-8H2,(H2,22,28)(H2,23,24,25,26)/t10?,11-,12+,13?/m1/s1. The van der Waals surface area contributed by atoms with Crippen molar-refractivity contribution in [1.29, 1.82) is 0 Å². The van der Waals surface area contributed by atoms with Crippen LogP contribution in [-0.2, 0) is 4.74 Å². The van der Waals surface area contributed by atoms with E-state index in [1.807, 2.05) is 0 Å². The first-order valence-corrected chi connectivity index (χ1v) is 10.1. The SMILES string of the molecule is [B]C([B])([B])OC1CCC(Nc2ncc(C(N)=O)c(N[C@@H]3CCC[C@H](O)C3)n2)CC1. The molecule has 8 nitrogen and oxygen atoms in total. The predicted molar refractivity (Wildman–Crippen MR) is 113 cm³/mol. The average Bonchev–Trinajstić information content (AvgIpc) is 2.62. The van der Waals surface area contributed by atoms with E-state index in [9.17, 15) is 9.90 Å². The topological polar surface area (TPSA) is 122 Å². The number of hydrogen-bond donors (Lipinski definition) is 4. The number of aromatic nitrogens is 2. The molecule has 2 saturated carbocycles. The van der Waals surface area contributed by atoms with Gasteiger partial charge in [0.05, 0.1) is 41.3 Å². The second-order valence-electron chi connectivity index (χ2n) is 8.07. The van der Waals surface area contributed by atoms with Gasteiger partial charge in [0.2, 0.25) is 5.95 Å². The number of nitrogens with one attached hydrogen (secondary N) is 2. The maximum atomic E-state index is 11.8. The summed E-state index contributed by atoms with van der Waals surface area (Å²) in [5.41, 5.74) is 5.71. The van der Waals surface area contributed by atoms with Crippen LogP contribution in [0.25, 0.3) is 0 Å². The van der Waals surface area contributed by atoms with Crippen LogP contribution in [-0.4, -0.2) is 74.1 Å². The summed E-state index contributed by atoms with van der Waals surface area (Å²) in [5, 5.41) is 14.8. The van der Waals surface area contributed by atoms with Gasteiger partial charge in [0.15, 0.2) is 0 Å². The molecule has 5 N–H and O–H groups in total. The highest BCUT2D eigenvalue weighted by atomic mass is 16.5. The van der Waals surface area contributed by atoms with Gasteiger partial charge in [-0.1, -0.05) is 0 Å². The molecule has 0 aliphatic heterocycles. The molecule has 0 bridgehead atoms. The molecule has 2 fully saturated rings. The second kappa shape index (κ2) is 9.39. The zero-order valence-corrected chi connectivity index (χ0v) is 16.5. The molecule has 0 spiro atoms. The number of carbonyl (C=O) groups is 1. The Bertz CT molecular complexity index is 710. The third-order valence-electron chi connectivity index (χ3n) is 5.42. The second-order valence-corrected chi connectivity index (χ2v) is 8.07. The lowest BCUT2D eigenvalue weighted by molar-refractivity contribution is 0.0202. The van der Waals surface area contributed by atoms with E-state index in [4.69, 9.17) is 34.0 Å². The van der Waals surface area contributed by atoms with Crippen LogP contribution in [0.15, 0.2) is 6.20 Å². The van der Waals surface area contributed by atoms with E-state index in [1.165, 1.54) is 6.20 Å². The van der Waals surface area contributed by atoms with Gasteiger partial charge in [-0.25, -0.2) is 4.98 Å². The molecule has 1 amide bonds. The highest BCUT2D eigenvalue weighted by Crippen LogP contribution is 2.26. The van der Waals surface area contributed by atoms with Crippen LogP contribution >= 0.6 is 0 Å². The number of hydrogen-bond acceptors (Lipinski definition) is 7. The highest BCUT2D eigenvalue weighted by molar-refractivity contribution is 6.58. The summed E-state index contributed by atoms with van der Waals surface area (Å²) in [6.07, 6.45) is 7.39. The van der Waals surface area contributed by atoms with Gasteiger partial charge in [-0.15, -0.1) is 0 Å². The number of anilines is 2. The van der Waals surface area contributed by atoms with Gasteiger partial charge in [0.25, 0.3) is 5.91 Å². The van der Waals surface area contributed by atoms with Crippen molar-refractivity contribution in [2.24, 2.45) is 5.73 Å². The normalized spacial score (nSPS) is 27.9. The molecule has 1 aromatic rings. The van der Waals surface area contributed by atoms with Gasteiger partial charge in [-0.3, -0.25) is 4.79 Å². The van der Waals surface area contributed by atoms with Crippen molar-refractivity contribution in [3.05, 3.63) is 11.8 Å². The van der Waals surface area contributed by atoms with Crippen LogP contribution in [0.4, 0.5) is 11.8 Å². The van der Waals surface area contributed by atoms with Gasteiger partial charge >= 0.3 is 0 Å². The number of amides is 1. The Morgan fingerprint density at radius 1 is 1.14 bits per heavy atom. The lowest BCUT2D eigenvalue weighted by atomic mass is 9.52. The van der Waals surface area contributed by atoms with Crippen molar-refractivity contribution in [3.8, 4) is 0 Å². The Labute approximate surface area is 175 Å². The first-order chi connectivity index (χ1) is 13.7. The van der Waals surface area contributed by atoms with Gasteiger partial charge in [0.1, 0.15) is 5.82 Å². The van der Waals surface area contributed by atoms with E-state index in [0.29, 0.717) is 18.2 Å². The molecule has 150 valence electrons. The molecule has 0 unspecified atom stereocenters. The van der Waals surface area contributed by atoms with E-state index in [2.05, 4.69) is 20.6 Å². The number of aliphatic hydroxyl groups excluding tert-OH is 1. The molecular weight excluding hydrogens is 367 g/mol. The number of aliphatic hydroxyl groups is 1. The summed E-state index contributed by atoms with van der Waals surface area (Å²) in [6.45, 7) is 0. The van der Waals surface area contributed by atoms with Crippen molar-refractivity contribution in [2.45, 2.75) is 81.0 Å². The Kier molecular flexibility index (Phi) is 7.11. The highest BCUT2D eigenvalue weighted by Gasteiger charge is 2.26. The summed E-state index contributed by atoms with van der Waals surface area (Å²) >= 11 is 0. The summed E-state index contributed by atoms with van der Waals surface area (Å²) in [4.78, 5) is 20.5. The van der Waals surface area contributed by atoms with Crippen LogP contribution in [0.5, 0.6) is 0 Å². The Hall–Kier alpha value is -1.74. The first-order valence-electron chi connectivity index (χ1n) is 10.1. The minimum absolute atomic E-state index is 0.0382. The molecule has 29 heavy (non-hydrogen) atoms. The summed E-state index contributed by atoms with van der Waals surface area (Å²) in [5.74, 6) is 0.219. The average molecular weight is 393 g/mol. The van der Waals surface area contributed by atoms with Gasteiger partial charge in [-0.2, -0.15) is 4.98 Å². The Balaban J connectivity index is 1.62. The van der Waals surface area contributed by atoms with E-state index in [1.54, 1.807) is 0 Å². The number of ether oxygens (including phenoxy) is 1. The fourth-order valence-electron chi connectivity index (χ4n) is 4.03. The predicted octanol–water partition coefficient (Wildman–Crippen LogP) is 0.147. The van der Waals surface area contributed by atoms with Crippen molar-refractivity contribution >= 4 is 41.2 Å². The monoisotopic (exact) mass is 393 g/mol. The van der Waals surface area contributed by atoms with E-state index in [-0.39, 0.29) is 29.9 Å². The molecule has 11 heteroatoms. The lowest BCUT2D eigenvalue weighted by Gasteiger charge is -2.34. The molecule has 2 atom stereocenters. The van der Waals surface area contributed by atoms with E-state index < -0.39 is 11.2 Å². The molecule has 6 radical (unpaired) electrons. The Morgan fingerprint density at radius 3 is 2.48 bits per heavy atom. The van der Waals surface area contributed by atoms with Crippen LogP contribution in [0.2, 0.25) is 0 Å². The number of rotatable bonds is 7. The quantitative estimate of drug-likeness (QED) is 0.487. The van der Waals surface area contributed by atoms with Crippen LogP contribution in [0, 0.1) is 0 Å². The van der Waals surface area contributed by atoms with Gasteiger partial charge < -0.3 is 26.2 Å². The molecule has 0 aromatic carbocycles. The molecule has 2 aliphatic rings. The Morgan fingerprint density at radius 2 is 1.86 bits per heavy atom. The maximum absolute atomic E-state index is 11.8.